The van der Waals surface area contributed by atoms with E-state index in [0.29, 0.717) is 24.3 Å². The summed E-state index contributed by atoms with van der Waals surface area (Å²) >= 11 is 1.35. The highest BCUT2D eigenvalue weighted by Gasteiger charge is 2.29. The molecule has 3 rings (SSSR count). The first-order valence-corrected chi connectivity index (χ1v) is 11.6. The van der Waals surface area contributed by atoms with Crippen LogP contribution in [0.5, 0.6) is 0 Å². The van der Waals surface area contributed by atoms with E-state index in [4.69, 9.17) is 0 Å². The largest absolute Gasteiger partial charge is 0.357 e. The molecule has 2 amide bonds. The van der Waals surface area contributed by atoms with E-state index >= 15 is 0 Å². The summed E-state index contributed by atoms with van der Waals surface area (Å²) in [4.78, 5) is 27.8. The van der Waals surface area contributed by atoms with E-state index in [1.165, 1.54) is 17.8 Å². The van der Waals surface area contributed by atoms with Gasteiger partial charge in [0, 0.05) is 25.8 Å². The summed E-state index contributed by atoms with van der Waals surface area (Å²) in [6.45, 7) is 0.324. The van der Waals surface area contributed by atoms with Crippen LogP contribution >= 0.6 is 11.8 Å². The minimum atomic E-state index is -0.649. The van der Waals surface area contributed by atoms with Crippen LogP contribution in [-0.2, 0) is 28.3 Å². The van der Waals surface area contributed by atoms with Gasteiger partial charge in [0.2, 0.25) is 11.8 Å². The van der Waals surface area contributed by atoms with Crippen molar-refractivity contribution < 1.29 is 14.0 Å². The molecule has 0 aromatic heterocycles. The third-order valence-corrected chi connectivity index (χ3v) is 6.12. The van der Waals surface area contributed by atoms with Crippen molar-refractivity contribution in [1.29, 1.82) is 0 Å². The number of nitrogens with zero attached hydrogens (tertiary/aromatic N) is 1. The molecule has 3 aromatic carbocycles. The Morgan fingerprint density at radius 2 is 1.50 bits per heavy atom. The highest BCUT2D eigenvalue weighted by Crippen LogP contribution is 2.19. The van der Waals surface area contributed by atoms with Gasteiger partial charge in [0.1, 0.15) is 11.9 Å². The van der Waals surface area contributed by atoms with Gasteiger partial charge in [-0.05, 0) is 22.8 Å². The summed E-state index contributed by atoms with van der Waals surface area (Å²) in [6, 6.07) is 25.2. The first-order valence-electron chi connectivity index (χ1n) is 10.5. The van der Waals surface area contributed by atoms with E-state index in [2.05, 4.69) is 5.32 Å². The molecular weight excluding hydrogens is 423 g/mol. The van der Waals surface area contributed by atoms with Gasteiger partial charge >= 0.3 is 0 Å². The molecule has 0 aliphatic rings. The zero-order valence-corrected chi connectivity index (χ0v) is 18.9. The lowest BCUT2D eigenvalue weighted by molar-refractivity contribution is -0.139. The topological polar surface area (TPSA) is 49.4 Å². The maximum Gasteiger partial charge on any atom is 0.242 e. The van der Waals surface area contributed by atoms with Crippen LogP contribution < -0.4 is 5.32 Å². The average molecular weight is 451 g/mol. The van der Waals surface area contributed by atoms with Crippen LogP contribution in [0.25, 0.3) is 0 Å². The zero-order chi connectivity index (χ0) is 22.8. The fraction of sp³-hybridized carbons (Fsp3) is 0.231. The fourth-order valence-corrected chi connectivity index (χ4v) is 4.34. The van der Waals surface area contributed by atoms with Crippen molar-refractivity contribution in [2.24, 2.45) is 0 Å². The number of amides is 2. The van der Waals surface area contributed by atoms with Gasteiger partial charge in [0.05, 0.1) is 5.75 Å². The second-order valence-electron chi connectivity index (χ2n) is 7.41. The lowest BCUT2D eigenvalue weighted by atomic mass is 10.0. The Labute approximate surface area is 192 Å². The van der Waals surface area contributed by atoms with Crippen molar-refractivity contribution in [3.8, 4) is 0 Å². The van der Waals surface area contributed by atoms with Crippen molar-refractivity contribution >= 4 is 23.6 Å². The first kappa shape index (κ1) is 23.5. The van der Waals surface area contributed by atoms with Crippen LogP contribution in [0.4, 0.5) is 4.39 Å². The van der Waals surface area contributed by atoms with Crippen LogP contribution in [0.1, 0.15) is 16.7 Å². The molecule has 0 aliphatic carbocycles. The van der Waals surface area contributed by atoms with Gasteiger partial charge in [0.25, 0.3) is 0 Å². The third kappa shape index (κ3) is 6.69. The highest BCUT2D eigenvalue weighted by molar-refractivity contribution is 7.99. The maximum absolute atomic E-state index is 13.9. The fourth-order valence-electron chi connectivity index (χ4n) is 3.45. The van der Waals surface area contributed by atoms with E-state index in [1.807, 2.05) is 60.7 Å². The summed E-state index contributed by atoms with van der Waals surface area (Å²) in [6.07, 6.45) is 0.414. The van der Waals surface area contributed by atoms with Crippen LogP contribution in [0, 0.1) is 5.82 Å². The molecule has 0 saturated heterocycles. The first-order chi connectivity index (χ1) is 15.6. The molecule has 0 aliphatic heterocycles. The van der Waals surface area contributed by atoms with Crippen molar-refractivity contribution in [3.63, 3.8) is 0 Å². The molecule has 0 heterocycles. The predicted molar refractivity (Wildman–Crippen MR) is 128 cm³/mol. The minimum Gasteiger partial charge on any atom is -0.357 e. The Hall–Kier alpha value is -3.12. The van der Waals surface area contributed by atoms with Crippen LogP contribution in [0.3, 0.4) is 0 Å². The quantitative estimate of drug-likeness (QED) is 0.497. The molecule has 0 saturated carbocycles. The second-order valence-corrected chi connectivity index (χ2v) is 8.40. The van der Waals surface area contributed by atoms with E-state index in [0.717, 1.165) is 11.1 Å². The maximum atomic E-state index is 13.9. The van der Waals surface area contributed by atoms with Gasteiger partial charge < -0.3 is 10.2 Å². The summed E-state index contributed by atoms with van der Waals surface area (Å²) in [5.74, 6) is -0.0949. The Balaban J connectivity index is 1.79. The molecule has 1 atom stereocenters. The number of halogens is 1. The summed E-state index contributed by atoms with van der Waals surface area (Å²) in [7, 11) is 1.58. The molecule has 1 unspecified atom stereocenters. The van der Waals surface area contributed by atoms with Crippen molar-refractivity contribution in [3.05, 3.63) is 107 Å². The van der Waals surface area contributed by atoms with Gasteiger partial charge in [0.15, 0.2) is 0 Å². The molecule has 6 heteroatoms. The molecule has 166 valence electrons. The Bertz CT molecular complexity index is 1010. The number of benzene rings is 3. The zero-order valence-electron chi connectivity index (χ0n) is 18.0. The molecule has 0 fully saturated rings. The van der Waals surface area contributed by atoms with E-state index in [-0.39, 0.29) is 23.4 Å². The van der Waals surface area contributed by atoms with E-state index < -0.39 is 6.04 Å². The predicted octanol–water partition coefficient (Wildman–Crippen LogP) is 4.45. The van der Waals surface area contributed by atoms with Gasteiger partial charge in [-0.2, -0.15) is 0 Å². The van der Waals surface area contributed by atoms with Gasteiger partial charge in [-0.3, -0.25) is 9.59 Å². The summed E-state index contributed by atoms with van der Waals surface area (Å²) in [5.41, 5.74) is 2.49. The summed E-state index contributed by atoms with van der Waals surface area (Å²) < 4.78 is 13.9. The number of carbonyl (C=O) groups excluding carboxylic acids is 2. The lowest BCUT2D eigenvalue weighted by Gasteiger charge is -2.31. The molecule has 3 aromatic rings. The normalized spacial score (nSPS) is 11.6. The Morgan fingerprint density at radius 1 is 0.906 bits per heavy atom. The second kappa shape index (κ2) is 12.1. The minimum absolute atomic E-state index is 0.153. The monoisotopic (exact) mass is 450 g/mol. The molecule has 0 bridgehead atoms. The molecule has 4 nitrogen and oxygen atoms in total. The number of nitrogens with one attached hydrogen (secondary N) is 1. The number of likely N-dealkylation sites (N-methyl/N-ethyl adjacent to an activating group) is 1. The third-order valence-electron chi connectivity index (χ3n) is 5.15. The SMILES string of the molecule is CNC(=O)C(Cc1ccccc1)N(Cc1ccccc1)C(=O)CSCc1ccccc1F. The Morgan fingerprint density at radius 3 is 2.12 bits per heavy atom. The van der Waals surface area contributed by atoms with E-state index in [9.17, 15) is 14.0 Å². The van der Waals surface area contributed by atoms with Crippen LogP contribution in [0.2, 0.25) is 0 Å². The van der Waals surface area contributed by atoms with Crippen LogP contribution in [-0.4, -0.2) is 35.6 Å². The smallest absolute Gasteiger partial charge is 0.242 e. The average Bonchev–Trinajstić information content (AvgIpc) is 2.83. The van der Waals surface area contributed by atoms with Crippen molar-refractivity contribution in [2.45, 2.75) is 24.8 Å². The number of hydrogen-bond donors (Lipinski definition) is 1. The van der Waals surface area contributed by atoms with Crippen molar-refractivity contribution in [2.75, 3.05) is 12.8 Å². The standard InChI is InChI=1S/C26H27FN2O2S/c1-28-26(31)24(16-20-10-4-2-5-11-20)29(17-21-12-6-3-7-13-21)25(30)19-32-18-22-14-8-9-15-23(22)27/h2-15,24H,16-19H2,1H3,(H,28,31). The van der Waals surface area contributed by atoms with Gasteiger partial charge in [-0.15, -0.1) is 11.8 Å². The number of rotatable bonds is 10. The molecular formula is C26H27FN2O2S. The van der Waals surface area contributed by atoms with Crippen molar-refractivity contribution in [1.82, 2.24) is 10.2 Å². The summed E-state index contributed by atoms with van der Waals surface area (Å²) in [5, 5.41) is 2.71. The number of thioether (sulfide) groups is 1. The Kier molecular flexibility index (Phi) is 8.87. The lowest BCUT2D eigenvalue weighted by Crippen LogP contribution is -2.50. The molecule has 0 radical (unpaired) electrons. The molecule has 32 heavy (non-hydrogen) atoms. The van der Waals surface area contributed by atoms with Gasteiger partial charge in [-0.25, -0.2) is 4.39 Å². The van der Waals surface area contributed by atoms with Crippen LogP contribution in [0.15, 0.2) is 84.9 Å². The molecule has 1 N–H and O–H groups in total. The number of carbonyl (C=O) groups is 2. The van der Waals surface area contributed by atoms with E-state index in [1.54, 1.807) is 30.1 Å². The van der Waals surface area contributed by atoms with Gasteiger partial charge in [-0.1, -0.05) is 78.9 Å². The number of hydrogen-bond acceptors (Lipinski definition) is 3. The molecule has 0 spiro atoms. The highest BCUT2D eigenvalue weighted by atomic mass is 32.2.